The summed E-state index contributed by atoms with van der Waals surface area (Å²) in [7, 11) is 0. The van der Waals surface area contributed by atoms with E-state index < -0.39 is 12.1 Å². The van der Waals surface area contributed by atoms with Crippen LogP contribution in [0.1, 0.15) is 23.5 Å². The lowest BCUT2D eigenvalue weighted by Crippen LogP contribution is -2.35. The normalized spacial score (nSPS) is 11.9. The van der Waals surface area contributed by atoms with Crippen LogP contribution in [-0.2, 0) is 26.6 Å². The van der Waals surface area contributed by atoms with Crippen LogP contribution in [0.5, 0.6) is 0 Å². The Morgan fingerprint density at radius 3 is 3.00 bits per heavy atom. The van der Waals surface area contributed by atoms with Crippen LogP contribution < -0.4 is 5.32 Å². The second kappa shape index (κ2) is 8.68. The lowest BCUT2D eigenvalue weighted by Gasteiger charge is -2.12. The van der Waals surface area contributed by atoms with Crippen LogP contribution in [0.4, 0.5) is 0 Å². The largest absolute Gasteiger partial charge is 0.452 e. The van der Waals surface area contributed by atoms with E-state index in [1.54, 1.807) is 25.2 Å². The molecule has 0 fully saturated rings. The molecule has 0 radical (unpaired) electrons. The standard InChI is InChI=1S/C14H17N3O4S2/c1-9(14(19)15-6-11-4-3-5-23-11)20-13(18)8-22-7-12-16-10(2)21-17-12/h3-5,9H,6-8H2,1-2H3,(H,15,19). The summed E-state index contributed by atoms with van der Waals surface area (Å²) in [4.78, 5) is 28.6. The van der Waals surface area contributed by atoms with E-state index in [-0.39, 0.29) is 11.7 Å². The Morgan fingerprint density at radius 1 is 1.52 bits per heavy atom. The van der Waals surface area contributed by atoms with Crippen molar-refractivity contribution in [1.82, 2.24) is 15.5 Å². The lowest BCUT2D eigenvalue weighted by atomic mass is 10.3. The summed E-state index contributed by atoms with van der Waals surface area (Å²) in [6, 6.07) is 3.84. The molecule has 0 aliphatic heterocycles. The maximum atomic E-state index is 11.8. The third kappa shape index (κ3) is 6.03. The molecule has 0 bridgehead atoms. The monoisotopic (exact) mass is 355 g/mol. The number of ether oxygens (including phenoxy) is 1. The number of aromatic nitrogens is 2. The number of aryl methyl sites for hydroxylation is 1. The minimum Gasteiger partial charge on any atom is -0.452 e. The first kappa shape index (κ1) is 17.5. The number of hydrogen-bond acceptors (Lipinski definition) is 8. The number of thiophene rings is 1. The van der Waals surface area contributed by atoms with Crippen molar-refractivity contribution in [3.05, 3.63) is 34.1 Å². The smallest absolute Gasteiger partial charge is 0.316 e. The highest BCUT2D eigenvalue weighted by molar-refractivity contribution is 7.99. The van der Waals surface area contributed by atoms with Gasteiger partial charge in [-0.25, -0.2) is 0 Å². The zero-order valence-corrected chi connectivity index (χ0v) is 14.4. The van der Waals surface area contributed by atoms with Crippen molar-refractivity contribution < 1.29 is 18.8 Å². The summed E-state index contributed by atoms with van der Waals surface area (Å²) in [5, 5.41) is 8.40. The molecule has 2 heterocycles. The molecule has 0 aromatic carbocycles. The summed E-state index contributed by atoms with van der Waals surface area (Å²) in [5.74, 6) is 0.822. The minimum atomic E-state index is -0.824. The van der Waals surface area contributed by atoms with Gasteiger partial charge in [0.2, 0.25) is 5.89 Å². The molecule has 0 aliphatic rings. The zero-order chi connectivity index (χ0) is 16.7. The molecule has 1 amide bonds. The molecule has 1 N–H and O–H groups in total. The first-order chi connectivity index (χ1) is 11.0. The molecule has 0 saturated carbocycles. The molecule has 23 heavy (non-hydrogen) atoms. The molecular formula is C14H17N3O4S2. The Kier molecular flexibility index (Phi) is 6.60. The van der Waals surface area contributed by atoms with Gasteiger partial charge in [0.05, 0.1) is 18.1 Å². The molecule has 0 aliphatic carbocycles. The Morgan fingerprint density at radius 2 is 2.35 bits per heavy atom. The average molecular weight is 355 g/mol. The number of carbonyl (C=O) groups is 2. The fourth-order valence-corrected chi connectivity index (χ4v) is 2.92. The van der Waals surface area contributed by atoms with E-state index in [9.17, 15) is 9.59 Å². The van der Waals surface area contributed by atoms with Crippen molar-refractivity contribution in [1.29, 1.82) is 0 Å². The third-order valence-electron chi connectivity index (χ3n) is 2.72. The molecule has 0 spiro atoms. The van der Waals surface area contributed by atoms with Crippen LogP contribution in [0.2, 0.25) is 0 Å². The van der Waals surface area contributed by atoms with E-state index in [4.69, 9.17) is 9.26 Å². The van der Waals surface area contributed by atoms with E-state index >= 15 is 0 Å². The highest BCUT2D eigenvalue weighted by atomic mass is 32.2. The predicted octanol–water partition coefficient (Wildman–Crippen LogP) is 1.92. The maximum absolute atomic E-state index is 11.8. The van der Waals surface area contributed by atoms with Crippen molar-refractivity contribution >= 4 is 35.0 Å². The van der Waals surface area contributed by atoms with Gasteiger partial charge in [-0.3, -0.25) is 9.59 Å². The molecule has 2 aromatic rings. The zero-order valence-electron chi connectivity index (χ0n) is 12.8. The Bertz CT molecular complexity index is 642. The highest BCUT2D eigenvalue weighted by Gasteiger charge is 2.17. The average Bonchev–Trinajstić information content (AvgIpc) is 3.16. The first-order valence-corrected chi connectivity index (χ1v) is 8.94. The lowest BCUT2D eigenvalue weighted by molar-refractivity contribution is -0.152. The number of carbonyl (C=O) groups excluding carboxylic acids is 2. The predicted molar refractivity (Wildman–Crippen MR) is 86.9 cm³/mol. The molecule has 2 rings (SSSR count). The van der Waals surface area contributed by atoms with Crippen LogP contribution in [0.3, 0.4) is 0 Å². The molecule has 7 nitrogen and oxygen atoms in total. The number of rotatable bonds is 8. The number of thioether (sulfide) groups is 1. The SMILES string of the molecule is Cc1nc(CSCC(=O)OC(C)C(=O)NCc2cccs2)no1. The summed E-state index contributed by atoms with van der Waals surface area (Å²) < 4.78 is 9.93. The fourth-order valence-electron chi connectivity index (χ4n) is 1.64. The van der Waals surface area contributed by atoms with Crippen LogP contribution in [-0.4, -0.2) is 33.9 Å². The van der Waals surface area contributed by atoms with E-state index in [0.29, 0.717) is 24.0 Å². The second-order valence-electron chi connectivity index (χ2n) is 4.65. The molecule has 124 valence electrons. The van der Waals surface area contributed by atoms with Gasteiger partial charge >= 0.3 is 5.97 Å². The number of esters is 1. The summed E-state index contributed by atoms with van der Waals surface area (Å²) >= 11 is 2.86. The second-order valence-corrected chi connectivity index (χ2v) is 6.67. The molecule has 1 atom stereocenters. The molecular weight excluding hydrogens is 338 g/mol. The topological polar surface area (TPSA) is 94.3 Å². The van der Waals surface area contributed by atoms with Gasteiger partial charge in [0.15, 0.2) is 11.9 Å². The van der Waals surface area contributed by atoms with Crippen LogP contribution in [0.25, 0.3) is 0 Å². The number of nitrogens with one attached hydrogen (secondary N) is 1. The summed E-state index contributed by atoms with van der Waals surface area (Å²) in [6.07, 6.45) is -0.824. The molecule has 0 saturated heterocycles. The van der Waals surface area contributed by atoms with Crippen molar-refractivity contribution in [3.8, 4) is 0 Å². The van der Waals surface area contributed by atoms with E-state index in [1.165, 1.54) is 11.8 Å². The number of amides is 1. The number of nitrogens with zero attached hydrogens (tertiary/aromatic N) is 2. The van der Waals surface area contributed by atoms with Gasteiger partial charge < -0.3 is 14.6 Å². The highest BCUT2D eigenvalue weighted by Crippen LogP contribution is 2.10. The van der Waals surface area contributed by atoms with Gasteiger partial charge in [-0.15, -0.1) is 23.1 Å². The first-order valence-electron chi connectivity index (χ1n) is 6.91. The van der Waals surface area contributed by atoms with Crippen molar-refractivity contribution in [2.24, 2.45) is 0 Å². The van der Waals surface area contributed by atoms with Gasteiger partial charge in [-0.1, -0.05) is 11.2 Å². The van der Waals surface area contributed by atoms with E-state index in [1.807, 2.05) is 17.5 Å². The molecule has 2 aromatic heterocycles. The van der Waals surface area contributed by atoms with E-state index in [0.717, 1.165) is 4.88 Å². The van der Waals surface area contributed by atoms with Crippen LogP contribution >= 0.6 is 23.1 Å². The Hall–Kier alpha value is -1.87. The van der Waals surface area contributed by atoms with Crippen molar-refractivity contribution in [2.75, 3.05) is 5.75 Å². The minimum absolute atomic E-state index is 0.121. The van der Waals surface area contributed by atoms with Gasteiger partial charge in [0.25, 0.3) is 5.91 Å². The quantitative estimate of drug-likeness (QED) is 0.723. The van der Waals surface area contributed by atoms with Gasteiger partial charge in [0.1, 0.15) is 0 Å². The maximum Gasteiger partial charge on any atom is 0.316 e. The van der Waals surface area contributed by atoms with Crippen molar-refractivity contribution in [2.45, 2.75) is 32.2 Å². The van der Waals surface area contributed by atoms with Crippen LogP contribution in [0, 0.1) is 6.92 Å². The Balaban J connectivity index is 1.64. The van der Waals surface area contributed by atoms with Gasteiger partial charge in [-0.05, 0) is 18.4 Å². The summed E-state index contributed by atoms with van der Waals surface area (Å²) in [5.41, 5.74) is 0. The van der Waals surface area contributed by atoms with Gasteiger partial charge in [-0.2, -0.15) is 4.98 Å². The fraction of sp³-hybridized carbons (Fsp3) is 0.429. The molecule has 1 unspecified atom stereocenters. The van der Waals surface area contributed by atoms with Gasteiger partial charge in [0, 0.05) is 11.8 Å². The third-order valence-corrected chi connectivity index (χ3v) is 4.49. The number of hydrogen-bond donors (Lipinski definition) is 1. The van der Waals surface area contributed by atoms with E-state index in [2.05, 4.69) is 15.5 Å². The summed E-state index contributed by atoms with van der Waals surface area (Å²) in [6.45, 7) is 3.69. The molecule has 9 heteroatoms. The van der Waals surface area contributed by atoms with Crippen LogP contribution in [0.15, 0.2) is 22.0 Å². The van der Waals surface area contributed by atoms with Crippen molar-refractivity contribution in [3.63, 3.8) is 0 Å². The Labute approximate surface area is 141 Å².